The van der Waals surface area contributed by atoms with Gasteiger partial charge >= 0.3 is 0 Å². The molecule has 2 aliphatic rings. The molecule has 3 amide bonds. The molecule has 4 unspecified atom stereocenters. The highest BCUT2D eigenvalue weighted by atomic mass is 16.5. The number of hydrogen-bond donors (Lipinski definition) is 1. The zero-order chi connectivity index (χ0) is 26.3. The number of amides is 3. The summed E-state index contributed by atoms with van der Waals surface area (Å²) in [5.41, 5.74) is 0.639. The number of rotatable bonds is 10. The Labute approximate surface area is 212 Å². The number of likely N-dealkylation sites (tertiary alicyclic amines) is 2. The molecule has 4 atom stereocenters. The molecule has 2 saturated heterocycles. The van der Waals surface area contributed by atoms with Crippen molar-refractivity contribution < 1.29 is 19.1 Å². The van der Waals surface area contributed by atoms with Crippen molar-refractivity contribution >= 4 is 17.7 Å². The summed E-state index contributed by atoms with van der Waals surface area (Å²) in [5, 5.41) is 3.05. The van der Waals surface area contributed by atoms with E-state index in [2.05, 4.69) is 10.2 Å². The van der Waals surface area contributed by atoms with Gasteiger partial charge < -0.3 is 19.9 Å². The van der Waals surface area contributed by atoms with Crippen molar-refractivity contribution in [1.82, 2.24) is 20.0 Å². The van der Waals surface area contributed by atoms with Gasteiger partial charge in [-0.1, -0.05) is 40.2 Å². The lowest BCUT2D eigenvalue weighted by Gasteiger charge is -2.36. The van der Waals surface area contributed by atoms with Gasteiger partial charge in [0.05, 0.1) is 24.7 Å². The van der Waals surface area contributed by atoms with E-state index in [0.717, 1.165) is 45.2 Å². The van der Waals surface area contributed by atoms with Crippen LogP contribution in [0.5, 0.6) is 0 Å². The van der Waals surface area contributed by atoms with Crippen LogP contribution in [-0.4, -0.2) is 97.5 Å². The summed E-state index contributed by atoms with van der Waals surface area (Å²) in [6.45, 7) is 12.0. The number of nitrogens with one attached hydrogen (secondary N) is 1. The van der Waals surface area contributed by atoms with E-state index in [4.69, 9.17) is 4.74 Å². The number of carbonyl (C=O) groups is 3. The van der Waals surface area contributed by atoms with Gasteiger partial charge in [0.2, 0.25) is 17.7 Å². The van der Waals surface area contributed by atoms with Gasteiger partial charge in [-0.05, 0) is 58.0 Å². The highest BCUT2D eigenvalue weighted by Crippen LogP contribution is 2.22. The number of carbonyl (C=O) groups excluding carboxylic acids is 3. The van der Waals surface area contributed by atoms with E-state index in [-0.39, 0.29) is 47.7 Å². The molecule has 0 spiro atoms. The predicted molar refractivity (Wildman–Crippen MR) is 139 cm³/mol. The SMILES string of the molecule is COCC1CCCN1C(=O)/C(C)=C/C(C(C)C)N(C)C(=O)C(NC(=O)C1CCCCN1C)C(C)C. The fourth-order valence-electron chi connectivity index (χ4n) is 5.31. The first-order valence-corrected chi connectivity index (χ1v) is 13.2. The first-order chi connectivity index (χ1) is 16.5. The lowest BCUT2D eigenvalue weighted by atomic mass is 9.96. The van der Waals surface area contributed by atoms with E-state index in [1.807, 2.05) is 52.6 Å². The van der Waals surface area contributed by atoms with Gasteiger partial charge in [0, 0.05) is 26.3 Å². The van der Waals surface area contributed by atoms with Crippen LogP contribution in [0.2, 0.25) is 0 Å². The average molecular weight is 493 g/mol. The molecule has 8 heteroatoms. The van der Waals surface area contributed by atoms with Crippen molar-refractivity contribution in [3.05, 3.63) is 11.6 Å². The minimum Gasteiger partial charge on any atom is -0.383 e. The molecule has 2 rings (SSSR count). The van der Waals surface area contributed by atoms with E-state index in [1.54, 1.807) is 19.1 Å². The molecule has 0 aromatic rings. The number of nitrogens with zero attached hydrogens (tertiary/aromatic N) is 3. The van der Waals surface area contributed by atoms with E-state index in [1.165, 1.54) is 0 Å². The van der Waals surface area contributed by atoms with Gasteiger partial charge in [0.15, 0.2) is 0 Å². The molecule has 0 radical (unpaired) electrons. The molecule has 2 fully saturated rings. The maximum Gasteiger partial charge on any atom is 0.249 e. The van der Waals surface area contributed by atoms with Crippen molar-refractivity contribution in [3.8, 4) is 0 Å². The Morgan fingerprint density at radius 1 is 1.06 bits per heavy atom. The first kappa shape index (κ1) is 29.3. The zero-order valence-corrected chi connectivity index (χ0v) is 23.2. The molecule has 1 N–H and O–H groups in total. The van der Waals surface area contributed by atoms with E-state index in [9.17, 15) is 14.4 Å². The van der Waals surface area contributed by atoms with Crippen molar-refractivity contribution in [2.75, 3.05) is 40.9 Å². The van der Waals surface area contributed by atoms with E-state index >= 15 is 0 Å². The van der Waals surface area contributed by atoms with Crippen LogP contribution in [0, 0.1) is 11.8 Å². The van der Waals surface area contributed by atoms with Crippen LogP contribution in [-0.2, 0) is 19.1 Å². The molecule has 0 aromatic carbocycles. The molecule has 0 saturated carbocycles. The second-order valence-corrected chi connectivity index (χ2v) is 11.0. The van der Waals surface area contributed by atoms with Gasteiger partial charge in [-0.3, -0.25) is 19.3 Å². The highest BCUT2D eigenvalue weighted by Gasteiger charge is 2.35. The van der Waals surface area contributed by atoms with Crippen LogP contribution in [0.3, 0.4) is 0 Å². The van der Waals surface area contributed by atoms with Gasteiger partial charge in [-0.15, -0.1) is 0 Å². The van der Waals surface area contributed by atoms with Crippen LogP contribution in [0.25, 0.3) is 0 Å². The van der Waals surface area contributed by atoms with Crippen LogP contribution in [0.15, 0.2) is 11.6 Å². The second kappa shape index (κ2) is 13.4. The Morgan fingerprint density at radius 2 is 1.74 bits per heavy atom. The summed E-state index contributed by atoms with van der Waals surface area (Å²) in [5.74, 6) is -0.144. The zero-order valence-electron chi connectivity index (χ0n) is 23.2. The van der Waals surface area contributed by atoms with Gasteiger partial charge in [-0.2, -0.15) is 0 Å². The minimum atomic E-state index is -0.613. The number of likely N-dealkylation sites (N-methyl/N-ethyl adjacent to an activating group) is 2. The van der Waals surface area contributed by atoms with Crippen LogP contribution < -0.4 is 5.32 Å². The second-order valence-electron chi connectivity index (χ2n) is 11.0. The number of hydrogen-bond acceptors (Lipinski definition) is 5. The smallest absolute Gasteiger partial charge is 0.249 e. The summed E-state index contributed by atoms with van der Waals surface area (Å²) >= 11 is 0. The predicted octanol–water partition coefficient (Wildman–Crippen LogP) is 2.68. The molecule has 2 aliphatic heterocycles. The Balaban J connectivity index is 2.17. The lowest BCUT2D eigenvalue weighted by Crippen LogP contribution is -2.57. The Hall–Kier alpha value is -1.93. The van der Waals surface area contributed by atoms with Gasteiger partial charge in [-0.25, -0.2) is 0 Å². The molecule has 0 aromatic heterocycles. The minimum absolute atomic E-state index is 0.00472. The third-order valence-electron chi connectivity index (χ3n) is 7.54. The molecule has 200 valence electrons. The molecular formula is C27H48N4O4. The van der Waals surface area contributed by atoms with Crippen molar-refractivity contribution in [2.24, 2.45) is 11.8 Å². The van der Waals surface area contributed by atoms with Crippen LogP contribution in [0.4, 0.5) is 0 Å². The quantitative estimate of drug-likeness (QED) is 0.474. The van der Waals surface area contributed by atoms with Gasteiger partial charge in [0.25, 0.3) is 0 Å². The van der Waals surface area contributed by atoms with E-state index in [0.29, 0.717) is 12.2 Å². The van der Waals surface area contributed by atoms with E-state index < -0.39 is 6.04 Å². The largest absolute Gasteiger partial charge is 0.383 e. The van der Waals surface area contributed by atoms with Crippen molar-refractivity contribution in [1.29, 1.82) is 0 Å². The summed E-state index contributed by atoms with van der Waals surface area (Å²) in [6.07, 6.45) is 6.78. The normalized spacial score (nSPS) is 23.5. The van der Waals surface area contributed by atoms with Crippen LogP contribution >= 0.6 is 0 Å². The third-order valence-corrected chi connectivity index (χ3v) is 7.54. The third kappa shape index (κ3) is 7.53. The Bertz CT molecular complexity index is 766. The summed E-state index contributed by atoms with van der Waals surface area (Å²) in [7, 11) is 5.41. The lowest BCUT2D eigenvalue weighted by molar-refractivity contribution is -0.139. The summed E-state index contributed by atoms with van der Waals surface area (Å²) in [6, 6.07) is -0.959. The number of ether oxygens (including phenoxy) is 1. The molecule has 2 heterocycles. The van der Waals surface area contributed by atoms with Crippen molar-refractivity contribution in [2.45, 2.75) is 90.9 Å². The molecule has 0 bridgehead atoms. The van der Waals surface area contributed by atoms with Crippen molar-refractivity contribution in [3.63, 3.8) is 0 Å². The van der Waals surface area contributed by atoms with Crippen LogP contribution in [0.1, 0.15) is 66.7 Å². The Morgan fingerprint density at radius 3 is 2.31 bits per heavy atom. The topological polar surface area (TPSA) is 82.2 Å². The Kier molecular flexibility index (Phi) is 11.2. The molecule has 35 heavy (non-hydrogen) atoms. The molecule has 8 nitrogen and oxygen atoms in total. The maximum atomic E-state index is 13.6. The fraction of sp³-hybridized carbons (Fsp3) is 0.815. The monoisotopic (exact) mass is 492 g/mol. The maximum absolute atomic E-state index is 13.6. The average Bonchev–Trinajstić information content (AvgIpc) is 3.27. The fourth-order valence-corrected chi connectivity index (χ4v) is 5.31. The molecule has 0 aliphatic carbocycles. The summed E-state index contributed by atoms with van der Waals surface area (Å²) in [4.78, 5) is 45.6. The first-order valence-electron chi connectivity index (χ1n) is 13.2. The standard InChI is InChI=1S/C27H48N4O4/c1-18(2)23(16-20(5)26(33)31-15-11-12-21(31)17-35-8)30(7)27(34)24(19(3)4)28-25(32)22-13-9-10-14-29(22)6/h16,18-19,21-24H,9-15,17H2,1-8H3,(H,28,32)/b20-16+. The summed E-state index contributed by atoms with van der Waals surface area (Å²) < 4.78 is 5.30. The number of methoxy groups -OCH3 is 1. The molecular weight excluding hydrogens is 444 g/mol. The van der Waals surface area contributed by atoms with Gasteiger partial charge in [0.1, 0.15) is 6.04 Å². The number of piperidine rings is 1. The highest BCUT2D eigenvalue weighted by molar-refractivity contribution is 5.94.